The van der Waals surface area contributed by atoms with E-state index >= 15 is 0 Å². The first-order valence-corrected chi connectivity index (χ1v) is 5.25. The lowest BCUT2D eigenvalue weighted by atomic mass is 9.76. The van der Waals surface area contributed by atoms with Crippen LogP contribution in [-0.2, 0) is 0 Å². The Morgan fingerprint density at radius 3 is 1.85 bits per heavy atom. The van der Waals surface area contributed by atoms with Gasteiger partial charge in [-0.05, 0) is 23.2 Å². The van der Waals surface area contributed by atoms with Crippen LogP contribution in [0.4, 0.5) is 0 Å². The van der Waals surface area contributed by atoms with Crippen LogP contribution in [0.3, 0.4) is 0 Å². The molecule has 0 aromatic carbocycles. The molecule has 0 spiro atoms. The van der Waals surface area contributed by atoms with E-state index in [1.165, 1.54) is 12.1 Å². The van der Waals surface area contributed by atoms with Gasteiger partial charge in [0, 0.05) is 12.3 Å². The van der Waals surface area contributed by atoms with Gasteiger partial charge in [-0.2, -0.15) is 0 Å². The van der Waals surface area contributed by atoms with E-state index < -0.39 is 0 Å². The Labute approximate surface area is 82.6 Å². The Balaban J connectivity index is 2.63. The first-order valence-electron chi connectivity index (χ1n) is 5.25. The van der Waals surface area contributed by atoms with Gasteiger partial charge in [0.2, 0.25) is 0 Å². The fraction of sp³-hybridized carbons (Fsp3) is 0.917. The second-order valence-corrected chi connectivity index (χ2v) is 6.30. The Kier molecular flexibility index (Phi) is 2.57. The van der Waals surface area contributed by atoms with E-state index in [0.717, 1.165) is 12.5 Å². The lowest BCUT2D eigenvalue weighted by Crippen LogP contribution is -2.24. The SMILES string of the molecule is CC(C)(C)C1=NCC(C(C)(C)C)C1. The highest BCUT2D eigenvalue weighted by molar-refractivity contribution is 5.90. The molecule has 1 unspecified atom stereocenters. The molecule has 1 rings (SSSR count). The second-order valence-electron chi connectivity index (χ2n) is 6.30. The van der Waals surface area contributed by atoms with E-state index in [4.69, 9.17) is 0 Å². The fourth-order valence-electron chi connectivity index (χ4n) is 1.71. The average molecular weight is 181 g/mol. The summed E-state index contributed by atoms with van der Waals surface area (Å²) in [7, 11) is 0. The van der Waals surface area contributed by atoms with Gasteiger partial charge in [-0.1, -0.05) is 41.5 Å². The van der Waals surface area contributed by atoms with E-state index in [0.29, 0.717) is 5.41 Å². The van der Waals surface area contributed by atoms with Crippen molar-refractivity contribution in [3.8, 4) is 0 Å². The van der Waals surface area contributed by atoms with Crippen molar-refractivity contribution in [3.05, 3.63) is 0 Å². The first-order chi connectivity index (χ1) is 5.71. The van der Waals surface area contributed by atoms with Crippen LogP contribution in [0.25, 0.3) is 0 Å². The van der Waals surface area contributed by atoms with Gasteiger partial charge in [0.25, 0.3) is 0 Å². The van der Waals surface area contributed by atoms with Crippen molar-refractivity contribution in [3.63, 3.8) is 0 Å². The van der Waals surface area contributed by atoms with Gasteiger partial charge in [0.1, 0.15) is 0 Å². The summed E-state index contributed by atoms with van der Waals surface area (Å²) in [6.07, 6.45) is 1.20. The largest absolute Gasteiger partial charge is 0.293 e. The number of hydrogen-bond donors (Lipinski definition) is 0. The molecule has 1 heterocycles. The van der Waals surface area contributed by atoms with Crippen LogP contribution >= 0.6 is 0 Å². The van der Waals surface area contributed by atoms with E-state index in [-0.39, 0.29) is 5.41 Å². The van der Waals surface area contributed by atoms with E-state index in [1.54, 1.807) is 0 Å². The highest BCUT2D eigenvalue weighted by Gasteiger charge is 2.33. The standard InChI is InChI=1S/C12H23N/c1-11(2,3)9-7-10(13-8-9)12(4,5)6/h9H,7-8H2,1-6H3. The van der Waals surface area contributed by atoms with Crippen LogP contribution in [-0.4, -0.2) is 12.3 Å². The molecule has 1 nitrogen and oxygen atoms in total. The van der Waals surface area contributed by atoms with Crippen LogP contribution in [0.1, 0.15) is 48.0 Å². The summed E-state index contributed by atoms with van der Waals surface area (Å²) >= 11 is 0. The average Bonchev–Trinajstić information content (AvgIpc) is 2.28. The molecule has 0 bridgehead atoms. The van der Waals surface area contributed by atoms with Crippen molar-refractivity contribution >= 4 is 5.71 Å². The predicted octanol–water partition coefficient (Wildman–Crippen LogP) is 3.54. The van der Waals surface area contributed by atoms with Crippen molar-refractivity contribution < 1.29 is 0 Å². The molecule has 0 fully saturated rings. The van der Waals surface area contributed by atoms with E-state index in [9.17, 15) is 0 Å². The molecule has 76 valence electrons. The van der Waals surface area contributed by atoms with Crippen molar-refractivity contribution in [1.82, 2.24) is 0 Å². The minimum absolute atomic E-state index is 0.278. The van der Waals surface area contributed by atoms with Crippen LogP contribution < -0.4 is 0 Å². The number of rotatable bonds is 0. The molecule has 13 heavy (non-hydrogen) atoms. The molecule has 0 saturated carbocycles. The third kappa shape index (κ3) is 2.55. The second kappa shape index (κ2) is 3.11. The summed E-state index contributed by atoms with van der Waals surface area (Å²) in [4.78, 5) is 4.67. The van der Waals surface area contributed by atoms with E-state index in [2.05, 4.69) is 46.5 Å². The molecule has 0 radical (unpaired) electrons. The van der Waals surface area contributed by atoms with Gasteiger partial charge >= 0.3 is 0 Å². The van der Waals surface area contributed by atoms with Crippen molar-refractivity contribution in [2.24, 2.45) is 21.7 Å². The molecule has 0 aliphatic carbocycles. The molecule has 1 atom stereocenters. The highest BCUT2D eigenvalue weighted by atomic mass is 14.8. The monoisotopic (exact) mass is 181 g/mol. The van der Waals surface area contributed by atoms with Crippen molar-refractivity contribution in [1.29, 1.82) is 0 Å². The minimum Gasteiger partial charge on any atom is -0.293 e. The van der Waals surface area contributed by atoms with Gasteiger partial charge < -0.3 is 0 Å². The maximum Gasteiger partial charge on any atom is 0.0425 e. The fourth-order valence-corrected chi connectivity index (χ4v) is 1.71. The van der Waals surface area contributed by atoms with Gasteiger partial charge in [-0.25, -0.2) is 0 Å². The number of aliphatic imine (C=N–C) groups is 1. The minimum atomic E-state index is 0.278. The topological polar surface area (TPSA) is 12.4 Å². The molecule has 0 saturated heterocycles. The highest BCUT2D eigenvalue weighted by Crippen LogP contribution is 2.36. The Morgan fingerprint density at radius 2 is 1.62 bits per heavy atom. The van der Waals surface area contributed by atoms with Crippen molar-refractivity contribution in [2.45, 2.75) is 48.0 Å². The van der Waals surface area contributed by atoms with Crippen LogP contribution in [0.5, 0.6) is 0 Å². The van der Waals surface area contributed by atoms with Crippen LogP contribution in [0.2, 0.25) is 0 Å². The zero-order valence-electron chi connectivity index (χ0n) is 9.94. The van der Waals surface area contributed by atoms with Gasteiger partial charge in [0.15, 0.2) is 0 Å². The summed E-state index contributed by atoms with van der Waals surface area (Å²) in [6.45, 7) is 14.8. The number of nitrogens with zero attached hydrogens (tertiary/aromatic N) is 1. The molecular formula is C12H23N. The molecule has 1 aliphatic heterocycles. The van der Waals surface area contributed by atoms with Crippen molar-refractivity contribution in [2.75, 3.05) is 6.54 Å². The summed E-state index contributed by atoms with van der Waals surface area (Å²) in [5, 5.41) is 0. The summed E-state index contributed by atoms with van der Waals surface area (Å²) in [6, 6.07) is 0. The summed E-state index contributed by atoms with van der Waals surface area (Å²) < 4.78 is 0. The maximum absolute atomic E-state index is 4.67. The number of hydrogen-bond acceptors (Lipinski definition) is 1. The zero-order chi connectivity index (χ0) is 10.3. The Bertz CT molecular complexity index is 212. The van der Waals surface area contributed by atoms with Gasteiger partial charge in [-0.15, -0.1) is 0 Å². The van der Waals surface area contributed by atoms with Crippen LogP contribution in [0, 0.1) is 16.7 Å². The molecule has 0 aromatic rings. The molecule has 0 aromatic heterocycles. The lowest BCUT2D eigenvalue weighted by molar-refractivity contribution is 0.264. The Hall–Kier alpha value is -0.330. The molecular weight excluding hydrogens is 158 g/mol. The lowest BCUT2D eigenvalue weighted by Gasteiger charge is -2.27. The maximum atomic E-state index is 4.67. The smallest absolute Gasteiger partial charge is 0.0425 e. The van der Waals surface area contributed by atoms with E-state index in [1.807, 2.05) is 0 Å². The predicted molar refractivity (Wildman–Crippen MR) is 59.3 cm³/mol. The first kappa shape index (κ1) is 10.7. The molecule has 1 heteroatoms. The van der Waals surface area contributed by atoms with Gasteiger partial charge in [0.05, 0.1) is 0 Å². The summed E-state index contributed by atoms with van der Waals surface area (Å²) in [5.74, 6) is 0.752. The van der Waals surface area contributed by atoms with Crippen LogP contribution in [0.15, 0.2) is 4.99 Å². The zero-order valence-corrected chi connectivity index (χ0v) is 9.94. The molecule has 1 aliphatic rings. The third-order valence-corrected chi connectivity index (χ3v) is 3.03. The quantitative estimate of drug-likeness (QED) is 0.542. The van der Waals surface area contributed by atoms with Gasteiger partial charge in [-0.3, -0.25) is 4.99 Å². The summed E-state index contributed by atoms with van der Waals surface area (Å²) in [5.41, 5.74) is 2.10. The molecule has 0 amide bonds. The molecule has 0 N–H and O–H groups in total. The Morgan fingerprint density at radius 1 is 1.08 bits per heavy atom. The normalized spacial score (nSPS) is 24.8. The third-order valence-electron chi connectivity index (χ3n) is 3.03.